The van der Waals surface area contributed by atoms with E-state index in [0.717, 1.165) is 19.3 Å². The summed E-state index contributed by atoms with van der Waals surface area (Å²) in [4.78, 5) is 22.0. The van der Waals surface area contributed by atoms with Crippen LogP contribution in [-0.4, -0.2) is 23.5 Å². The molecule has 2 atom stereocenters. The molecule has 4 heteroatoms. The average molecular weight is 211 g/mol. The fourth-order valence-corrected chi connectivity index (χ4v) is 2.62. The van der Waals surface area contributed by atoms with E-state index in [2.05, 4.69) is 5.32 Å². The van der Waals surface area contributed by atoms with Crippen molar-refractivity contribution in [2.24, 2.45) is 17.8 Å². The lowest BCUT2D eigenvalue weighted by Gasteiger charge is -2.29. The molecule has 4 nitrogen and oxygen atoms in total. The Labute approximate surface area is 89.0 Å². The first-order chi connectivity index (χ1) is 7.16. The lowest BCUT2D eigenvalue weighted by molar-refractivity contribution is -0.139. The van der Waals surface area contributed by atoms with Crippen molar-refractivity contribution < 1.29 is 14.7 Å². The third kappa shape index (κ3) is 2.70. The fourth-order valence-electron chi connectivity index (χ4n) is 2.62. The highest BCUT2D eigenvalue weighted by Gasteiger charge is 2.39. The second kappa shape index (κ2) is 4.21. The van der Waals surface area contributed by atoms with Crippen LogP contribution in [0.2, 0.25) is 0 Å². The third-order valence-corrected chi connectivity index (χ3v) is 3.53. The minimum absolute atomic E-state index is 0.0855. The predicted octanol–water partition coefficient (Wildman–Crippen LogP) is 1.01. The second-order valence-corrected chi connectivity index (χ2v) is 4.70. The summed E-state index contributed by atoms with van der Waals surface area (Å²) < 4.78 is 0. The molecule has 1 amide bonds. The van der Waals surface area contributed by atoms with Crippen LogP contribution in [-0.2, 0) is 9.59 Å². The van der Waals surface area contributed by atoms with Gasteiger partial charge in [-0.25, -0.2) is 0 Å². The van der Waals surface area contributed by atoms with Gasteiger partial charge in [0.1, 0.15) is 0 Å². The molecule has 1 saturated carbocycles. The maximum absolute atomic E-state index is 11.2. The van der Waals surface area contributed by atoms with E-state index < -0.39 is 5.97 Å². The van der Waals surface area contributed by atoms with Gasteiger partial charge in [0.25, 0.3) is 0 Å². The van der Waals surface area contributed by atoms with E-state index in [1.54, 1.807) is 0 Å². The van der Waals surface area contributed by atoms with E-state index in [1.807, 2.05) is 0 Å². The summed E-state index contributed by atoms with van der Waals surface area (Å²) in [5.41, 5.74) is 0. The lowest BCUT2D eigenvalue weighted by Crippen LogP contribution is -2.37. The van der Waals surface area contributed by atoms with Crippen LogP contribution in [0.15, 0.2) is 0 Å². The number of rotatable bonds is 4. The van der Waals surface area contributed by atoms with Gasteiger partial charge in [-0.2, -0.15) is 0 Å². The van der Waals surface area contributed by atoms with Crippen molar-refractivity contribution >= 4 is 11.9 Å². The maximum atomic E-state index is 11.2. The van der Waals surface area contributed by atoms with E-state index in [1.165, 1.54) is 0 Å². The van der Waals surface area contributed by atoms with Gasteiger partial charge in [-0.15, -0.1) is 0 Å². The van der Waals surface area contributed by atoms with Crippen molar-refractivity contribution in [3.63, 3.8) is 0 Å². The van der Waals surface area contributed by atoms with Crippen molar-refractivity contribution in [1.82, 2.24) is 5.32 Å². The van der Waals surface area contributed by atoms with Crippen LogP contribution in [0.25, 0.3) is 0 Å². The van der Waals surface area contributed by atoms with Gasteiger partial charge >= 0.3 is 5.97 Å². The number of piperidine rings is 1. The molecule has 0 spiro atoms. The Balaban J connectivity index is 1.96. The summed E-state index contributed by atoms with van der Waals surface area (Å²) in [5.74, 6) is 0.452. The number of carboxylic acid groups (broad SMARTS) is 1. The molecule has 0 bridgehead atoms. The highest BCUT2D eigenvalue weighted by atomic mass is 16.4. The molecule has 0 aromatic carbocycles. The first-order valence-electron chi connectivity index (χ1n) is 5.65. The molecule has 84 valence electrons. The molecule has 0 radical (unpaired) electrons. The molecule has 2 rings (SSSR count). The summed E-state index contributed by atoms with van der Waals surface area (Å²) in [6, 6.07) is 0. The summed E-state index contributed by atoms with van der Waals surface area (Å²) in [5, 5.41) is 11.6. The Morgan fingerprint density at radius 2 is 2.13 bits per heavy atom. The van der Waals surface area contributed by atoms with E-state index in [4.69, 9.17) is 5.11 Å². The molecule has 2 N–H and O–H groups in total. The number of carbonyl (C=O) groups excluding carboxylic acids is 1. The van der Waals surface area contributed by atoms with Crippen molar-refractivity contribution in [3.05, 3.63) is 0 Å². The molecule has 1 aliphatic carbocycles. The van der Waals surface area contributed by atoms with E-state index in [0.29, 0.717) is 24.8 Å². The number of carbonyl (C=O) groups is 2. The molecule has 2 fully saturated rings. The molecule has 1 saturated heterocycles. The Bertz CT molecular complexity index is 273. The standard InChI is InChI=1S/C11H17NO3/c13-10-5-8(3-4-12-10)9(6-11(14)15)7-1-2-7/h7-9H,1-6H2,(H,12,13)(H,14,15). The van der Waals surface area contributed by atoms with Crippen LogP contribution in [0, 0.1) is 17.8 Å². The van der Waals surface area contributed by atoms with Crippen LogP contribution in [0.3, 0.4) is 0 Å². The third-order valence-electron chi connectivity index (χ3n) is 3.53. The topological polar surface area (TPSA) is 66.4 Å². The minimum Gasteiger partial charge on any atom is -0.481 e. The van der Waals surface area contributed by atoms with Crippen molar-refractivity contribution in [2.45, 2.75) is 32.1 Å². The number of carboxylic acids is 1. The zero-order valence-corrected chi connectivity index (χ0v) is 8.74. The smallest absolute Gasteiger partial charge is 0.303 e. The minimum atomic E-state index is -0.724. The Morgan fingerprint density at radius 1 is 1.40 bits per heavy atom. The van der Waals surface area contributed by atoms with Crippen molar-refractivity contribution in [3.8, 4) is 0 Å². The molecule has 0 aromatic rings. The van der Waals surface area contributed by atoms with Crippen LogP contribution >= 0.6 is 0 Å². The number of nitrogens with one attached hydrogen (secondary N) is 1. The number of aliphatic carboxylic acids is 1. The van der Waals surface area contributed by atoms with Gasteiger partial charge in [-0.05, 0) is 37.0 Å². The van der Waals surface area contributed by atoms with Gasteiger partial charge in [0.15, 0.2) is 0 Å². The monoisotopic (exact) mass is 211 g/mol. The first-order valence-corrected chi connectivity index (χ1v) is 5.65. The molecule has 1 heterocycles. The summed E-state index contributed by atoms with van der Waals surface area (Å²) >= 11 is 0. The first kappa shape index (κ1) is 10.5. The van der Waals surface area contributed by atoms with Gasteiger partial charge in [0, 0.05) is 19.4 Å². The Kier molecular flexibility index (Phi) is 2.93. The van der Waals surface area contributed by atoms with E-state index in [9.17, 15) is 9.59 Å². The number of hydrogen-bond donors (Lipinski definition) is 2. The molecule has 0 aromatic heterocycles. The zero-order chi connectivity index (χ0) is 10.8. The predicted molar refractivity (Wildman–Crippen MR) is 54.2 cm³/mol. The summed E-state index contributed by atoms with van der Waals surface area (Å²) in [6.45, 7) is 0.715. The van der Waals surface area contributed by atoms with E-state index >= 15 is 0 Å². The molecule has 2 unspecified atom stereocenters. The number of hydrogen-bond acceptors (Lipinski definition) is 2. The second-order valence-electron chi connectivity index (χ2n) is 4.70. The quantitative estimate of drug-likeness (QED) is 0.729. The molecule has 15 heavy (non-hydrogen) atoms. The van der Waals surface area contributed by atoms with Gasteiger partial charge in [0.2, 0.25) is 5.91 Å². The zero-order valence-electron chi connectivity index (χ0n) is 8.74. The molecule has 1 aliphatic heterocycles. The maximum Gasteiger partial charge on any atom is 0.303 e. The lowest BCUT2D eigenvalue weighted by atomic mass is 9.79. The molecular formula is C11H17NO3. The normalized spacial score (nSPS) is 28.3. The summed E-state index contributed by atoms with van der Waals surface area (Å²) in [7, 11) is 0. The van der Waals surface area contributed by atoms with Crippen LogP contribution in [0.4, 0.5) is 0 Å². The van der Waals surface area contributed by atoms with Gasteiger partial charge < -0.3 is 10.4 Å². The molecular weight excluding hydrogens is 194 g/mol. The number of amides is 1. The van der Waals surface area contributed by atoms with Crippen LogP contribution < -0.4 is 5.32 Å². The van der Waals surface area contributed by atoms with Crippen molar-refractivity contribution in [2.75, 3.05) is 6.54 Å². The average Bonchev–Trinajstić information content (AvgIpc) is 2.97. The summed E-state index contributed by atoms with van der Waals surface area (Å²) in [6.07, 6.45) is 4.00. The Hall–Kier alpha value is -1.06. The van der Waals surface area contributed by atoms with Crippen molar-refractivity contribution in [1.29, 1.82) is 0 Å². The SMILES string of the molecule is O=C(O)CC(C1CC1)C1CCNC(=O)C1. The van der Waals surface area contributed by atoms with Gasteiger partial charge in [-0.3, -0.25) is 9.59 Å². The fraction of sp³-hybridized carbons (Fsp3) is 0.818. The van der Waals surface area contributed by atoms with E-state index in [-0.39, 0.29) is 18.2 Å². The van der Waals surface area contributed by atoms with Crippen LogP contribution in [0.5, 0.6) is 0 Å². The van der Waals surface area contributed by atoms with Gasteiger partial charge in [-0.1, -0.05) is 0 Å². The van der Waals surface area contributed by atoms with Gasteiger partial charge in [0.05, 0.1) is 0 Å². The molecule has 2 aliphatic rings. The Morgan fingerprint density at radius 3 is 2.67 bits per heavy atom. The highest BCUT2D eigenvalue weighted by molar-refractivity contribution is 5.77. The highest BCUT2D eigenvalue weighted by Crippen LogP contribution is 2.44. The van der Waals surface area contributed by atoms with Crippen LogP contribution in [0.1, 0.15) is 32.1 Å². The largest absolute Gasteiger partial charge is 0.481 e.